The van der Waals surface area contributed by atoms with Crippen molar-refractivity contribution in [2.75, 3.05) is 42.9 Å². The van der Waals surface area contributed by atoms with Crippen LogP contribution in [0.2, 0.25) is 5.02 Å². The molecule has 0 unspecified atom stereocenters. The van der Waals surface area contributed by atoms with Crippen LogP contribution in [0.15, 0.2) is 83.4 Å². The minimum atomic E-state index is -0.301. The van der Waals surface area contributed by atoms with Crippen LogP contribution in [0.4, 0.5) is 16.2 Å². The molecule has 0 spiro atoms. The van der Waals surface area contributed by atoms with E-state index in [2.05, 4.69) is 38.0 Å². The number of rotatable bonds is 4. The minimum absolute atomic E-state index is 0.301. The first-order chi connectivity index (χ1) is 16.2. The number of anilines is 2. The molecule has 0 saturated carbocycles. The van der Waals surface area contributed by atoms with Crippen LogP contribution in [-0.2, 0) is 0 Å². The van der Waals surface area contributed by atoms with Gasteiger partial charge in [-0.1, -0.05) is 48.0 Å². The van der Waals surface area contributed by atoms with Gasteiger partial charge in [-0.2, -0.15) is 0 Å². The molecule has 8 heteroatoms. The molecule has 3 aliphatic heterocycles. The molecule has 0 aliphatic carbocycles. The third kappa shape index (κ3) is 4.79. The Bertz CT molecular complexity index is 1180. The molecule has 3 N–H and O–H groups in total. The quantitative estimate of drug-likeness (QED) is 0.644. The van der Waals surface area contributed by atoms with Gasteiger partial charge < -0.3 is 25.8 Å². The summed E-state index contributed by atoms with van der Waals surface area (Å²) in [7, 11) is 0. The Morgan fingerprint density at radius 2 is 1.91 bits per heavy atom. The van der Waals surface area contributed by atoms with Crippen LogP contribution in [0.25, 0.3) is 5.57 Å². The number of allylic oxidation sites excluding steroid dienone is 3. The molecule has 2 amide bonds. The maximum absolute atomic E-state index is 12.8. The molecule has 3 heterocycles. The van der Waals surface area contributed by atoms with E-state index in [1.807, 2.05) is 59.6 Å². The first-order valence-electron chi connectivity index (χ1n) is 11.0. The van der Waals surface area contributed by atoms with E-state index in [1.54, 1.807) is 6.21 Å². The first-order valence-corrected chi connectivity index (χ1v) is 11.4. The van der Waals surface area contributed by atoms with Gasteiger partial charge >= 0.3 is 6.03 Å². The van der Waals surface area contributed by atoms with Gasteiger partial charge in [-0.15, -0.1) is 0 Å². The number of nitrogens with zero attached hydrogens (tertiary/aromatic N) is 3. The maximum atomic E-state index is 12.8. The Labute approximate surface area is 198 Å². The molecule has 168 valence electrons. The monoisotopic (exact) mass is 460 g/mol. The molecule has 33 heavy (non-hydrogen) atoms. The average Bonchev–Trinajstić information content (AvgIpc) is 2.84. The Morgan fingerprint density at radius 3 is 2.76 bits per heavy atom. The largest absolute Gasteiger partial charge is 0.367 e. The molecule has 7 nitrogen and oxygen atoms in total. The molecule has 0 aromatic heterocycles. The number of hydrogen-bond donors (Lipinski definition) is 3. The number of piperazine rings is 1. The second-order valence-corrected chi connectivity index (χ2v) is 8.41. The van der Waals surface area contributed by atoms with Crippen molar-refractivity contribution in [1.82, 2.24) is 15.5 Å². The van der Waals surface area contributed by atoms with E-state index >= 15 is 0 Å². The molecule has 0 bridgehead atoms. The highest BCUT2D eigenvalue weighted by atomic mass is 35.5. The lowest BCUT2D eigenvalue weighted by molar-refractivity contribution is 0.254. The van der Waals surface area contributed by atoms with E-state index < -0.39 is 0 Å². The maximum Gasteiger partial charge on any atom is 0.323 e. The molecule has 1 fully saturated rings. The number of carbonyl (C=O) groups excluding carboxylic acids is 1. The SMILES string of the molecule is O=C(NC1=CN2CC=CC(c3cccc(Cl)c3)=C2N=C1)Nc1ccccc1N1CCNCC1. The van der Waals surface area contributed by atoms with Crippen molar-refractivity contribution < 1.29 is 4.79 Å². The van der Waals surface area contributed by atoms with Gasteiger partial charge in [-0.05, 0) is 29.8 Å². The van der Waals surface area contributed by atoms with E-state index in [0.29, 0.717) is 17.3 Å². The minimum Gasteiger partial charge on any atom is -0.367 e. The summed E-state index contributed by atoms with van der Waals surface area (Å²) in [5, 5.41) is 9.95. The van der Waals surface area contributed by atoms with E-state index in [1.165, 1.54) is 0 Å². The van der Waals surface area contributed by atoms with E-state index in [4.69, 9.17) is 11.6 Å². The van der Waals surface area contributed by atoms with Crippen molar-refractivity contribution in [3.63, 3.8) is 0 Å². The van der Waals surface area contributed by atoms with Crippen molar-refractivity contribution >= 4 is 40.8 Å². The number of hydrogen-bond acceptors (Lipinski definition) is 5. The van der Waals surface area contributed by atoms with Gasteiger partial charge in [0.25, 0.3) is 0 Å². The number of nitrogens with one attached hydrogen (secondary N) is 3. The van der Waals surface area contributed by atoms with Crippen LogP contribution in [0.5, 0.6) is 0 Å². The molecule has 0 radical (unpaired) electrons. The fourth-order valence-electron chi connectivity index (χ4n) is 4.18. The lowest BCUT2D eigenvalue weighted by atomic mass is 10.0. The van der Waals surface area contributed by atoms with Crippen LogP contribution in [0, 0.1) is 0 Å². The number of benzene rings is 2. The molecule has 3 aliphatic rings. The van der Waals surface area contributed by atoms with Gasteiger partial charge in [-0.3, -0.25) is 0 Å². The van der Waals surface area contributed by atoms with Crippen LogP contribution < -0.4 is 20.9 Å². The number of carbonyl (C=O) groups is 1. The third-order valence-corrected chi connectivity index (χ3v) is 5.96. The summed E-state index contributed by atoms with van der Waals surface area (Å²) >= 11 is 6.18. The van der Waals surface area contributed by atoms with Crippen molar-refractivity contribution in [1.29, 1.82) is 0 Å². The number of fused-ring (bicyclic) bond motifs is 1. The predicted octanol–water partition coefficient (Wildman–Crippen LogP) is 4.04. The van der Waals surface area contributed by atoms with Gasteiger partial charge in [0.2, 0.25) is 0 Å². The zero-order valence-electron chi connectivity index (χ0n) is 18.1. The van der Waals surface area contributed by atoms with Crippen LogP contribution >= 0.6 is 11.6 Å². The lowest BCUT2D eigenvalue weighted by Crippen LogP contribution is -2.44. The molecular formula is C25H25ClN6O. The Balaban J connectivity index is 1.30. The fourth-order valence-corrected chi connectivity index (χ4v) is 4.37. The van der Waals surface area contributed by atoms with E-state index in [9.17, 15) is 4.79 Å². The summed E-state index contributed by atoms with van der Waals surface area (Å²) in [6.07, 6.45) is 7.70. The normalized spacial score (nSPS) is 17.5. The van der Waals surface area contributed by atoms with Crippen molar-refractivity contribution in [2.45, 2.75) is 0 Å². The van der Waals surface area contributed by atoms with Crippen molar-refractivity contribution in [2.24, 2.45) is 4.99 Å². The highest BCUT2D eigenvalue weighted by Crippen LogP contribution is 2.30. The van der Waals surface area contributed by atoms with Crippen LogP contribution in [0.3, 0.4) is 0 Å². The summed E-state index contributed by atoms with van der Waals surface area (Å²) in [5.74, 6) is 0.828. The molecule has 5 rings (SSSR count). The van der Waals surface area contributed by atoms with Gasteiger partial charge in [0.05, 0.1) is 23.3 Å². The molecule has 2 aromatic rings. The summed E-state index contributed by atoms with van der Waals surface area (Å²) in [4.78, 5) is 21.7. The van der Waals surface area contributed by atoms with E-state index in [0.717, 1.165) is 54.5 Å². The van der Waals surface area contributed by atoms with Crippen LogP contribution in [0.1, 0.15) is 5.56 Å². The Morgan fingerprint density at radius 1 is 1.06 bits per heavy atom. The van der Waals surface area contributed by atoms with Crippen molar-refractivity contribution in [3.05, 3.63) is 89.0 Å². The summed E-state index contributed by atoms with van der Waals surface area (Å²) in [6.45, 7) is 4.35. The number of halogens is 1. The summed E-state index contributed by atoms with van der Waals surface area (Å²) < 4.78 is 0. The van der Waals surface area contributed by atoms with Gasteiger partial charge in [-0.25, -0.2) is 9.79 Å². The highest BCUT2D eigenvalue weighted by molar-refractivity contribution is 6.30. The zero-order valence-corrected chi connectivity index (χ0v) is 18.8. The lowest BCUT2D eigenvalue weighted by Gasteiger charge is -2.31. The molecule has 1 saturated heterocycles. The zero-order chi connectivity index (χ0) is 22.6. The van der Waals surface area contributed by atoms with Gasteiger partial charge in [0, 0.05) is 49.5 Å². The first kappa shape index (κ1) is 21.3. The summed E-state index contributed by atoms with van der Waals surface area (Å²) in [6, 6.07) is 15.3. The number of urea groups is 1. The summed E-state index contributed by atoms with van der Waals surface area (Å²) in [5.41, 5.74) is 4.43. The number of aliphatic imine (C=N–C) groups is 1. The second kappa shape index (κ2) is 9.52. The Kier molecular flexibility index (Phi) is 6.15. The smallest absolute Gasteiger partial charge is 0.323 e. The van der Waals surface area contributed by atoms with Gasteiger partial charge in [0.15, 0.2) is 0 Å². The number of para-hydroxylation sites is 2. The molecule has 0 atom stereocenters. The van der Waals surface area contributed by atoms with Gasteiger partial charge in [0.1, 0.15) is 5.82 Å². The van der Waals surface area contributed by atoms with Crippen LogP contribution in [-0.4, -0.2) is 49.9 Å². The van der Waals surface area contributed by atoms with Crippen molar-refractivity contribution in [3.8, 4) is 0 Å². The standard InChI is InChI=1S/C25H25ClN6O/c26-19-6-3-5-18(15-19)21-7-4-12-32-17-20(16-28-24(21)32)29-25(33)30-22-8-1-2-9-23(22)31-13-10-27-11-14-31/h1-9,15-17,27H,10-14H2,(H2,29,30,33). The highest BCUT2D eigenvalue weighted by Gasteiger charge is 2.21. The number of amides is 2. The predicted molar refractivity (Wildman–Crippen MR) is 134 cm³/mol. The molecule has 2 aromatic carbocycles. The Hall–Kier alpha value is -3.55. The molecular weight excluding hydrogens is 436 g/mol. The van der Waals surface area contributed by atoms with E-state index in [-0.39, 0.29) is 6.03 Å². The third-order valence-electron chi connectivity index (χ3n) is 5.72. The second-order valence-electron chi connectivity index (χ2n) is 7.98. The fraction of sp³-hybridized carbons (Fsp3) is 0.200. The topological polar surface area (TPSA) is 72.0 Å². The average molecular weight is 461 g/mol.